The highest BCUT2D eigenvalue weighted by Crippen LogP contribution is 2.36. The summed E-state index contributed by atoms with van der Waals surface area (Å²) in [5, 5.41) is 8.08. The number of anilines is 1. The van der Waals surface area contributed by atoms with Gasteiger partial charge in [0.1, 0.15) is 6.26 Å². The molecule has 0 aromatic carbocycles. The number of aromatic nitrogens is 3. The van der Waals surface area contributed by atoms with E-state index in [0.717, 1.165) is 49.3 Å². The van der Waals surface area contributed by atoms with E-state index in [1.807, 2.05) is 0 Å². The highest BCUT2D eigenvalue weighted by molar-refractivity contribution is 6.32. The third-order valence-corrected chi connectivity index (χ3v) is 5.20. The number of nitrogens with one attached hydrogen (secondary N) is 1. The maximum atomic E-state index is 6.33. The Morgan fingerprint density at radius 2 is 2.00 bits per heavy atom. The maximum absolute atomic E-state index is 6.33. The Hall–Kier alpha value is -1.66. The van der Waals surface area contributed by atoms with Gasteiger partial charge in [-0.05, 0) is 50.9 Å². The topological polar surface area (TPSA) is 89.9 Å². The molecule has 2 aromatic rings. The molecule has 24 heavy (non-hydrogen) atoms. The molecule has 4 rings (SSSR count). The Balaban J connectivity index is 1.54. The third-order valence-electron chi connectivity index (χ3n) is 4.93. The van der Waals surface area contributed by atoms with E-state index in [4.69, 9.17) is 21.9 Å². The molecule has 2 heterocycles. The van der Waals surface area contributed by atoms with Crippen LogP contribution in [0.2, 0.25) is 5.02 Å². The van der Waals surface area contributed by atoms with Crippen LogP contribution in [0.15, 0.2) is 17.0 Å². The second-order valence-electron chi connectivity index (χ2n) is 6.97. The molecule has 0 saturated heterocycles. The fraction of sp³-hybridized carbons (Fsp3) is 0.588. The summed E-state index contributed by atoms with van der Waals surface area (Å²) in [6, 6.07) is 0.693. The standard InChI is InChI=1S/C17H22ClN5O/c18-14-8-20-17(21-12-5-3-11(19)4-6-12)22-16(14)13-9-24-23-15(13)7-10-1-2-10/h8-12H,1-7,19H2,(H,20,21,22)/t11-,12-. The van der Waals surface area contributed by atoms with Gasteiger partial charge in [0.2, 0.25) is 5.95 Å². The molecule has 0 radical (unpaired) electrons. The molecule has 128 valence electrons. The first kappa shape index (κ1) is 15.8. The highest BCUT2D eigenvalue weighted by atomic mass is 35.5. The second-order valence-corrected chi connectivity index (χ2v) is 7.38. The van der Waals surface area contributed by atoms with Crippen LogP contribution in [0.25, 0.3) is 11.3 Å². The molecule has 6 nitrogen and oxygen atoms in total. The number of nitrogens with two attached hydrogens (primary N) is 1. The molecular weight excluding hydrogens is 326 g/mol. The summed E-state index contributed by atoms with van der Waals surface area (Å²) < 4.78 is 5.18. The summed E-state index contributed by atoms with van der Waals surface area (Å²) in [4.78, 5) is 8.96. The van der Waals surface area contributed by atoms with Crippen molar-refractivity contribution in [2.45, 2.75) is 57.0 Å². The molecule has 3 N–H and O–H groups in total. The van der Waals surface area contributed by atoms with E-state index in [-0.39, 0.29) is 0 Å². The lowest BCUT2D eigenvalue weighted by Crippen LogP contribution is -2.33. The zero-order chi connectivity index (χ0) is 16.5. The van der Waals surface area contributed by atoms with Crippen LogP contribution in [0.1, 0.15) is 44.2 Å². The van der Waals surface area contributed by atoms with E-state index >= 15 is 0 Å². The average molecular weight is 348 g/mol. The van der Waals surface area contributed by atoms with Crippen molar-refractivity contribution < 1.29 is 4.52 Å². The quantitative estimate of drug-likeness (QED) is 0.861. The van der Waals surface area contributed by atoms with Gasteiger partial charge in [0.05, 0.1) is 28.2 Å². The summed E-state index contributed by atoms with van der Waals surface area (Å²) in [6.07, 6.45) is 10.9. The number of nitrogens with zero attached hydrogens (tertiary/aromatic N) is 3. The fourth-order valence-electron chi connectivity index (χ4n) is 3.27. The predicted molar refractivity (Wildman–Crippen MR) is 92.8 cm³/mol. The summed E-state index contributed by atoms with van der Waals surface area (Å²) in [5.74, 6) is 1.33. The lowest BCUT2D eigenvalue weighted by molar-refractivity contribution is 0.409. The van der Waals surface area contributed by atoms with Crippen molar-refractivity contribution in [1.82, 2.24) is 15.1 Å². The Kier molecular flexibility index (Phi) is 4.41. The van der Waals surface area contributed by atoms with Crippen LogP contribution in [0.4, 0.5) is 5.95 Å². The van der Waals surface area contributed by atoms with Crippen LogP contribution >= 0.6 is 11.6 Å². The van der Waals surface area contributed by atoms with E-state index in [9.17, 15) is 0 Å². The predicted octanol–water partition coefficient (Wildman–Crippen LogP) is 3.42. The van der Waals surface area contributed by atoms with Crippen LogP contribution in [-0.4, -0.2) is 27.2 Å². The Morgan fingerprint density at radius 3 is 2.75 bits per heavy atom. The zero-order valence-corrected chi connectivity index (χ0v) is 14.3. The zero-order valence-electron chi connectivity index (χ0n) is 13.5. The minimum Gasteiger partial charge on any atom is -0.364 e. The SMILES string of the molecule is N[C@H]1CC[C@H](Nc2ncc(Cl)c(-c3conc3CC3CC3)n2)CC1. The normalized spacial score (nSPS) is 24.1. The van der Waals surface area contributed by atoms with Crippen molar-refractivity contribution in [3.05, 3.63) is 23.2 Å². The van der Waals surface area contributed by atoms with Gasteiger partial charge in [0.15, 0.2) is 0 Å². The lowest BCUT2D eigenvalue weighted by Gasteiger charge is -2.26. The van der Waals surface area contributed by atoms with Crippen LogP contribution in [0.5, 0.6) is 0 Å². The molecule has 0 spiro atoms. The monoisotopic (exact) mass is 347 g/mol. The molecule has 0 atom stereocenters. The van der Waals surface area contributed by atoms with E-state index in [0.29, 0.717) is 28.7 Å². The van der Waals surface area contributed by atoms with Crippen molar-refractivity contribution in [3.8, 4) is 11.3 Å². The first-order chi connectivity index (χ1) is 11.7. The van der Waals surface area contributed by atoms with E-state index in [2.05, 4.69) is 20.4 Å². The van der Waals surface area contributed by atoms with Gasteiger partial charge in [0, 0.05) is 12.1 Å². The lowest BCUT2D eigenvalue weighted by atomic mass is 9.92. The summed E-state index contributed by atoms with van der Waals surface area (Å²) in [5.41, 5.74) is 8.47. The largest absolute Gasteiger partial charge is 0.364 e. The van der Waals surface area contributed by atoms with Gasteiger partial charge in [-0.25, -0.2) is 9.97 Å². The van der Waals surface area contributed by atoms with Crippen LogP contribution in [0.3, 0.4) is 0 Å². The summed E-state index contributed by atoms with van der Waals surface area (Å²) in [7, 11) is 0. The summed E-state index contributed by atoms with van der Waals surface area (Å²) in [6.45, 7) is 0. The molecular formula is C17H22ClN5O. The van der Waals surface area contributed by atoms with Gasteiger partial charge in [-0.15, -0.1) is 0 Å². The molecule has 2 aromatic heterocycles. The minimum absolute atomic E-state index is 0.326. The van der Waals surface area contributed by atoms with Crippen LogP contribution in [0, 0.1) is 5.92 Å². The van der Waals surface area contributed by atoms with Crippen molar-refractivity contribution >= 4 is 17.5 Å². The molecule has 0 unspecified atom stereocenters. The number of hydrogen-bond donors (Lipinski definition) is 2. The third kappa shape index (κ3) is 3.54. The van der Waals surface area contributed by atoms with E-state index in [1.54, 1.807) is 12.5 Å². The Bertz CT molecular complexity index is 707. The number of rotatable bonds is 5. The summed E-state index contributed by atoms with van der Waals surface area (Å²) >= 11 is 6.33. The fourth-order valence-corrected chi connectivity index (χ4v) is 3.46. The van der Waals surface area contributed by atoms with Gasteiger partial charge >= 0.3 is 0 Å². The van der Waals surface area contributed by atoms with Gasteiger partial charge in [-0.2, -0.15) is 0 Å². The van der Waals surface area contributed by atoms with Gasteiger partial charge in [0.25, 0.3) is 0 Å². The molecule has 7 heteroatoms. The Morgan fingerprint density at radius 1 is 1.21 bits per heavy atom. The second kappa shape index (κ2) is 6.69. The Labute approximate surface area is 146 Å². The van der Waals surface area contributed by atoms with Crippen LogP contribution in [-0.2, 0) is 6.42 Å². The first-order valence-corrected chi connectivity index (χ1v) is 9.05. The smallest absolute Gasteiger partial charge is 0.223 e. The van der Waals surface area contributed by atoms with Gasteiger partial charge in [-0.1, -0.05) is 16.8 Å². The molecule has 2 aliphatic carbocycles. The van der Waals surface area contributed by atoms with Crippen LogP contribution < -0.4 is 11.1 Å². The molecule has 0 aliphatic heterocycles. The molecule has 0 amide bonds. The molecule has 0 bridgehead atoms. The van der Waals surface area contributed by atoms with E-state index in [1.165, 1.54) is 12.8 Å². The van der Waals surface area contributed by atoms with Gasteiger partial charge < -0.3 is 15.6 Å². The van der Waals surface area contributed by atoms with Gasteiger partial charge in [-0.3, -0.25) is 0 Å². The number of hydrogen-bond acceptors (Lipinski definition) is 6. The highest BCUT2D eigenvalue weighted by Gasteiger charge is 2.26. The van der Waals surface area contributed by atoms with Crippen molar-refractivity contribution in [2.75, 3.05) is 5.32 Å². The average Bonchev–Trinajstić information content (AvgIpc) is 3.28. The molecule has 2 aliphatic rings. The maximum Gasteiger partial charge on any atom is 0.223 e. The van der Waals surface area contributed by atoms with E-state index < -0.39 is 0 Å². The van der Waals surface area contributed by atoms with Crippen molar-refractivity contribution in [2.24, 2.45) is 11.7 Å². The first-order valence-electron chi connectivity index (χ1n) is 8.67. The number of halogens is 1. The molecule has 2 saturated carbocycles. The minimum atomic E-state index is 0.326. The van der Waals surface area contributed by atoms with Crippen molar-refractivity contribution in [1.29, 1.82) is 0 Å². The van der Waals surface area contributed by atoms with Crippen molar-refractivity contribution in [3.63, 3.8) is 0 Å². The molecule has 2 fully saturated rings.